The van der Waals surface area contributed by atoms with Crippen LogP contribution in [0.4, 0.5) is 23.5 Å². The first-order valence-electron chi connectivity index (χ1n) is 10.3. The van der Waals surface area contributed by atoms with Gasteiger partial charge in [0.1, 0.15) is 17.7 Å². The highest BCUT2D eigenvalue weighted by atomic mass is 19.4. The van der Waals surface area contributed by atoms with Crippen LogP contribution in [0.15, 0.2) is 42.9 Å². The van der Waals surface area contributed by atoms with Crippen molar-refractivity contribution in [3.8, 4) is 17.0 Å². The van der Waals surface area contributed by atoms with Crippen molar-refractivity contribution in [1.29, 1.82) is 0 Å². The molecule has 1 aliphatic heterocycles. The molecule has 0 saturated carbocycles. The van der Waals surface area contributed by atoms with E-state index in [9.17, 15) is 17.6 Å². The maximum absolute atomic E-state index is 13.1. The van der Waals surface area contributed by atoms with E-state index in [1.807, 2.05) is 32.6 Å². The summed E-state index contributed by atoms with van der Waals surface area (Å²) in [6.07, 6.45) is 2.51. The van der Waals surface area contributed by atoms with Crippen LogP contribution in [0.25, 0.3) is 11.3 Å². The average molecular weight is 481 g/mol. The number of ether oxygens (including phenoxy) is 1. The third-order valence-corrected chi connectivity index (χ3v) is 4.96. The van der Waals surface area contributed by atoms with E-state index in [1.165, 1.54) is 12.1 Å². The van der Waals surface area contributed by atoms with Crippen molar-refractivity contribution in [3.05, 3.63) is 54.2 Å². The molecule has 1 unspecified atom stereocenters. The third kappa shape index (κ3) is 6.65. The number of rotatable bonds is 4. The van der Waals surface area contributed by atoms with Gasteiger partial charge in [0.25, 0.3) is 0 Å². The van der Waals surface area contributed by atoms with Crippen molar-refractivity contribution in [2.45, 2.75) is 32.0 Å². The van der Waals surface area contributed by atoms with Crippen LogP contribution in [0.2, 0.25) is 0 Å². The van der Waals surface area contributed by atoms with Gasteiger partial charge in [-0.25, -0.2) is 19.2 Å². The number of hydrogen-bond donors (Lipinski definition) is 1. The van der Waals surface area contributed by atoms with Crippen molar-refractivity contribution in [1.82, 2.24) is 19.7 Å². The third-order valence-electron chi connectivity index (χ3n) is 4.96. The molecule has 0 spiro atoms. The highest BCUT2D eigenvalue weighted by molar-refractivity contribution is 5.73. The summed E-state index contributed by atoms with van der Waals surface area (Å²) in [7, 11) is 1.89. The standard InChI is InChI=1S/C20H22FN5O.C2HF3O2/c1-14-10-22-20(24-19(14)15-11-23-25(2)12-15)26-9-3-4-18(13-26)27-17-7-5-16(21)6-8-17;3-2(4,5)1(6)7/h5-8,10-12,18H,3-4,9,13H2,1-2H3;(H,6,7). The minimum Gasteiger partial charge on any atom is -0.489 e. The number of aromatic nitrogens is 4. The van der Waals surface area contributed by atoms with Gasteiger partial charge >= 0.3 is 12.1 Å². The number of nitrogens with zero attached hydrogens (tertiary/aromatic N) is 5. The van der Waals surface area contributed by atoms with Crippen LogP contribution in [-0.2, 0) is 11.8 Å². The number of carboxylic acids is 1. The minimum atomic E-state index is -5.08. The lowest BCUT2D eigenvalue weighted by molar-refractivity contribution is -0.192. The molecule has 2 aromatic heterocycles. The quantitative estimate of drug-likeness (QED) is 0.563. The van der Waals surface area contributed by atoms with Crippen LogP contribution >= 0.6 is 0 Å². The number of benzene rings is 1. The first-order valence-corrected chi connectivity index (χ1v) is 10.3. The molecule has 1 saturated heterocycles. The SMILES string of the molecule is Cc1cnc(N2CCCC(Oc3ccc(F)cc3)C2)nc1-c1cnn(C)c1.O=C(O)C(F)(F)F. The number of alkyl halides is 3. The van der Waals surface area contributed by atoms with Gasteiger partial charge in [0, 0.05) is 31.5 Å². The minimum absolute atomic E-state index is 0.0240. The Kier molecular flexibility index (Phi) is 7.69. The van der Waals surface area contributed by atoms with Crippen molar-refractivity contribution < 1.29 is 32.2 Å². The Hall–Kier alpha value is -3.70. The summed E-state index contributed by atoms with van der Waals surface area (Å²) in [5, 5.41) is 11.4. The number of hydrogen-bond acceptors (Lipinski definition) is 6. The van der Waals surface area contributed by atoms with Gasteiger partial charge in [-0.15, -0.1) is 0 Å². The van der Waals surface area contributed by atoms with Crippen molar-refractivity contribution >= 4 is 11.9 Å². The second-order valence-electron chi connectivity index (χ2n) is 7.69. The maximum atomic E-state index is 13.1. The van der Waals surface area contributed by atoms with Crippen LogP contribution in [0.3, 0.4) is 0 Å². The van der Waals surface area contributed by atoms with E-state index in [0.29, 0.717) is 18.2 Å². The molecular weight excluding hydrogens is 458 g/mol. The summed E-state index contributed by atoms with van der Waals surface area (Å²) in [6.45, 7) is 3.59. The molecule has 182 valence electrons. The first-order chi connectivity index (χ1) is 16.0. The van der Waals surface area contributed by atoms with Crippen molar-refractivity contribution in [3.63, 3.8) is 0 Å². The largest absolute Gasteiger partial charge is 0.490 e. The number of halogens is 4. The summed E-state index contributed by atoms with van der Waals surface area (Å²) in [4.78, 5) is 20.4. The molecule has 1 aliphatic rings. The zero-order valence-electron chi connectivity index (χ0n) is 18.5. The zero-order chi connectivity index (χ0) is 24.9. The van der Waals surface area contributed by atoms with E-state index in [0.717, 1.165) is 36.2 Å². The summed E-state index contributed by atoms with van der Waals surface area (Å²) < 4.78 is 52.6. The average Bonchev–Trinajstić information content (AvgIpc) is 3.22. The van der Waals surface area contributed by atoms with Crippen LogP contribution in [0, 0.1) is 12.7 Å². The normalized spacial score (nSPS) is 15.9. The smallest absolute Gasteiger partial charge is 0.489 e. The van der Waals surface area contributed by atoms with E-state index < -0.39 is 12.1 Å². The number of carbonyl (C=O) groups is 1. The van der Waals surface area contributed by atoms with Gasteiger partial charge in [0.15, 0.2) is 0 Å². The molecule has 8 nitrogen and oxygen atoms in total. The van der Waals surface area contributed by atoms with E-state index in [2.05, 4.69) is 15.0 Å². The molecule has 3 aromatic rings. The van der Waals surface area contributed by atoms with Crippen LogP contribution < -0.4 is 9.64 Å². The maximum Gasteiger partial charge on any atom is 0.490 e. The Balaban J connectivity index is 0.000000406. The Morgan fingerprint density at radius 2 is 1.88 bits per heavy atom. The summed E-state index contributed by atoms with van der Waals surface area (Å²) in [5.41, 5.74) is 2.90. The molecule has 0 bridgehead atoms. The molecule has 3 heterocycles. The Morgan fingerprint density at radius 1 is 1.21 bits per heavy atom. The number of piperidine rings is 1. The number of anilines is 1. The highest BCUT2D eigenvalue weighted by Gasteiger charge is 2.38. The number of aryl methyl sites for hydroxylation is 2. The van der Waals surface area contributed by atoms with Gasteiger partial charge in [0.2, 0.25) is 5.95 Å². The van der Waals surface area contributed by atoms with Crippen LogP contribution in [0.5, 0.6) is 5.75 Å². The predicted molar refractivity (Wildman–Crippen MR) is 115 cm³/mol. The summed E-state index contributed by atoms with van der Waals surface area (Å²) in [6, 6.07) is 6.16. The topological polar surface area (TPSA) is 93.4 Å². The summed E-state index contributed by atoms with van der Waals surface area (Å²) >= 11 is 0. The molecule has 4 rings (SSSR count). The van der Waals surface area contributed by atoms with Gasteiger partial charge in [-0.05, 0) is 49.6 Å². The number of carboxylic acid groups (broad SMARTS) is 1. The van der Waals surface area contributed by atoms with Crippen LogP contribution in [-0.4, -0.2) is 56.2 Å². The second kappa shape index (κ2) is 10.5. The zero-order valence-corrected chi connectivity index (χ0v) is 18.5. The lowest BCUT2D eigenvalue weighted by Crippen LogP contribution is -2.42. The monoisotopic (exact) mass is 481 g/mol. The van der Waals surface area contributed by atoms with Gasteiger partial charge in [-0.1, -0.05) is 0 Å². The lowest BCUT2D eigenvalue weighted by atomic mass is 10.1. The fourth-order valence-electron chi connectivity index (χ4n) is 3.34. The number of aliphatic carboxylic acids is 1. The molecule has 0 amide bonds. The molecule has 1 aromatic carbocycles. The van der Waals surface area contributed by atoms with E-state index in [4.69, 9.17) is 19.6 Å². The van der Waals surface area contributed by atoms with E-state index >= 15 is 0 Å². The molecule has 1 N–H and O–H groups in total. The molecule has 0 radical (unpaired) electrons. The van der Waals surface area contributed by atoms with Crippen molar-refractivity contribution in [2.24, 2.45) is 7.05 Å². The van der Waals surface area contributed by atoms with Gasteiger partial charge in [-0.3, -0.25) is 4.68 Å². The Labute approximate surface area is 192 Å². The van der Waals surface area contributed by atoms with Crippen molar-refractivity contribution in [2.75, 3.05) is 18.0 Å². The Morgan fingerprint density at radius 3 is 2.47 bits per heavy atom. The van der Waals surface area contributed by atoms with Gasteiger partial charge in [-0.2, -0.15) is 18.3 Å². The molecule has 34 heavy (non-hydrogen) atoms. The second-order valence-corrected chi connectivity index (χ2v) is 7.69. The van der Waals surface area contributed by atoms with E-state index in [1.54, 1.807) is 16.8 Å². The summed E-state index contributed by atoms with van der Waals surface area (Å²) in [5.74, 6) is -1.63. The van der Waals surface area contributed by atoms with E-state index in [-0.39, 0.29) is 11.9 Å². The first kappa shape index (κ1) is 24.9. The molecule has 0 aliphatic carbocycles. The Bertz CT molecular complexity index is 1120. The molecule has 1 fully saturated rings. The fraction of sp³-hybridized carbons (Fsp3) is 0.364. The lowest BCUT2D eigenvalue weighted by Gasteiger charge is -2.33. The molecule has 1 atom stereocenters. The highest BCUT2D eigenvalue weighted by Crippen LogP contribution is 2.25. The molecule has 12 heteroatoms. The van der Waals surface area contributed by atoms with Gasteiger partial charge in [0.05, 0.1) is 18.4 Å². The fourth-order valence-corrected chi connectivity index (χ4v) is 3.34. The van der Waals surface area contributed by atoms with Gasteiger partial charge < -0.3 is 14.7 Å². The van der Waals surface area contributed by atoms with Crippen LogP contribution in [0.1, 0.15) is 18.4 Å². The predicted octanol–water partition coefficient (Wildman–Crippen LogP) is 4.01. The molecular formula is C22H23F4N5O3.